The van der Waals surface area contributed by atoms with Gasteiger partial charge in [-0.2, -0.15) is 0 Å². The van der Waals surface area contributed by atoms with Crippen molar-refractivity contribution < 1.29 is 9.47 Å². The Kier molecular flexibility index (Phi) is 7.67. The van der Waals surface area contributed by atoms with E-state index in [0.717, 1.165) is 38.2 Å². The van der Waals surface area contributed by atoms with Crippen LogP contribution in [0.1, 0.15) is 45.4 Å². The molecule has 0 aromatic heterocycles. The van der Waals surface area contributed by atoms with Crippen molar-refractivity contribution in [3.8, 4) is 0 Å². The summed E-state index contributed by atoms with van der Waals surface area (Å²) in [5.41, 5.74) is 0.406. The second kappa shape index (κ2) is 8.48. The molecule has 1 aliphatic carbocycles. The highest BCUT2D eigenvalue weighted by molar-refractivity contribution is 9.09. The Bertz CT molecular complexity index is 167. The smallest absolute Gasteiger partial charge is 0.0700 e. The SMILES string of the molecule is CCCOCCOCC1(CBr)CCCCC1. The number of hydrogen-bond donors (Lipinski definition) is 0. The van der Waals surface area contributed by atoms with Crippen LogP contribution < -0.4 is 0 Å². The predicted molar refractivity (Wildman–Crippen MR) is 71.2 cm³/mol. The average Bonchev–Trinajstić information content (AvgIpc) is 2.35. The van der Waals surface area contributed by atoms with Crippen LogP contribution in [0.3, 0.4) is 0 Å². The summed E-state index contributed by atoms with van der Waals surface area (Å²) in [4.78, 5) is 0. The molecule has 1 aliphatic rings. The summed E-state index contributed by atoms with van der Waals surface area (Å²) in [6.07, 6.45) is 7.84. The summed E-state index contributed by atoms with van der Waals surface area (Å²) in [5.74, 6) is 0. The van der Waals surface area contributed by atoms with Crippen LogP contribution in [0.25, 0.3) is 0 Å². The minimum atomic E-state index is 0.406. The molecule has 0 spiro atoms. The van der Waals surface area contributed by atoms with E-state index in [1.54, 1.807) is 0 Å². The summed E-state index contributed by atoms with van der Waals surface area (Å²) in [5, 5.41) is 1.08. The van der Waals surface area contributed by atoms with E-state index in [-0.39, 0.29) is 0 Å². The molecule has 96 valence electrons. The van der Waals surface area contributed by atoms with Gasteiger partial charge in [-0.25, -0.2) is 0 Å². The van der Waals surface area contributed by atoms with E-state index in [4.69, 9.17) is 9.47 Å². The lowest BCUT2D eigenvalue weighted by molar-refractivity contribution is 0.000175. The molecule has 0 saturated heterocycles. The van der Waals surface area contributed by atoms with Crippen LogP contribution in [0, 0.1) is 5.41 Å². The van der Waals surface area contributed by atoms with E-state index >= 15 is 0 Å². The quantitative estimate of drug-likeness (QED) is 0.501. The average molecular weight is 293 g/mol. The zero-order chi connectivity index (χ0) is 11.7. The first-order chi connectivity index (χ1) is 7.83. The van der Waals surface area contributed by atoms with E-state index < -0.39 is 0 Å². The fourth-order valence-corrected chi connectivity index (χ4v) is 2.99. The van der Waals surface area contributed by atoms with Crippen LogP contribution in [0.2, 0.25) is 0 Å². The molecular formula is C13H25BrO2. The van der Waals surface area contributed by atoms with Crippen LogP contribution in [-0.2, 0) is 9.47 Å². The summed E-state index contributed by atoms with van der Waals surface area (Å²) in [6, 6.07) is 0. The van der Waals surface area contributed by atoms with Gasteiger partial charge in [-0.1, -0.05) is 42.1 Å². The Morgan fingerprint density at radius 3 is 2.31 bits per heavy atom. The number of alkyl halides is 1. The van der Waals surface area contributed by atoms with Crippen molar-refractivity contribution in [2.75, 3.05) is 31.8 Å². The second-order valence-electron chi connectivity index (χ2n) is 4.86. The Balaban J connectivity index is 2.08. The normalized spacial score (nSPS) is 19.9. The third-order valence-corrected chi connectivity index (χ3v) is 4.52. The van der Waals surface area contributed by atoms with Gasteiger partial charge < -0.3 is 9.47 Å². The lowest BCUT2D eigenvalue weighted by atomic mass is 9.76. The minimum Gasteiger partial charge on any atom is -0.379 e. The largest absolute Gasteiger partial charge is 0.379 e. The topological polar surface area (TPSA) is 18.5 Å². The van der Waals surface area contributed by atoms with Gasteiger partial charge in [-0.15, -0.1) is 0 Å². The Hall–Kier alpha value is 0.400. The summed E-state index contributed by atoms with van der Waals surface area (Å²) < 4.78 is 11.2. The fourth-order valence-electron chi connectivity index (χ4n) is 2.27. The highest BCUT2D eigenvalue weighted by Gasteiger charge is 2.30. The van der Waals surface area contributed by atoms with Gasteiger partial charge in [0.25, 0.3) is 0 Å². The van der Waals surface area contributed by atoms with Gasteiger partial charge in [-0.05, 0) is 19.3 Å². The molecule has 1 saturated carbocycles. The van der Waals surface area contributed by atoms with Crippen molar-refractivity contribution in [3.05, 3.63) is 0 Å². The number of rotatable bonds is 8. The Labute approximate surface area is 108 Å². The standard InChI is InChI=1S/C13H25BrO2/c1-2-8-15-9-10-16-12-13(11-14)6-4-3-5-7-13/h2-12H2,1H3. The highest BCUT2D eigenvalue weighted by atomic mass is 79.9. The van der Waals surface area contributed by atoms with Crippen LogP contribution in [0.15, 0.2) is 0 Å². The first-order valence-electron chi connectivity index (χ1n) is 6.54. The zero-order valence-electron chi connectivity index (χ0n) is 10.5. The molecule has 1 rings (SSSR count). The van der Waals surface area contributed by atoms with E-state index in [0.29, 0.717) is 5.41 Å². The molecule has 0 N–H and O–H groups in total. The van der Waals surface area contributed by atoms with Crippen molar-refractivity contribution in [3.63, 3.8) is 0 Å². The van der Waals surface area contributed by atoms with E-state index in [2.05, 4.69) is 22.9 Å². The summed E-state index contributed by atoms with van der Waals surface area (Å²) in [7, 11) is 0. The lowest BCUT2D eigenvalue weighted by Gasteiger charge is -2.35. The molecule has 0 aromatic rings. The number of hydrogen-bond acceptors (Lipinski definition) is 2. The van der Waals surface area contributed by atoms with Gasteiger partial charge in [-0.3, -0.25) is 0 Å². The maximum atomic E-state index is 5.76. The molecule has 1 fully saturated rings. The molecule has 0 unspecified atom stereocenters. The molecule has 16 heavy (non-hydrogen) atoms. The van der Waals surface area contributed by atoms with Crippen LogP contribution in [0.5, 0.6) is 0 Å². The molecule has 0 atom stereocenters. The maximum absolute atomic E-state index is 5.76. The van der Waals surface area contributed by atoms with Gasteiger partial charge in [0.2, 0.25) is 0 Å². The van der Waals surface area contributed by atoms with Crippen molar-refractivity contribution in [2.24, 2.45) is 5.41 Å². The summed E-state index contributed by atoms with van der Waals surface area (Å²) >= 11 is 3.65. The Morgan fingerprint density at radius 1 is 1.00 bits per heavy atom. The van der Waals surface area contributed by atoms with Gasteiger partial charge >= 0.3 is 0 Å². The van der Waals surface area contributed by atoms with Gasteiger partial charge in [0, 0.05) is 17.4 Å². The maximum Gasteiger partial charge on any atom is 0.0700 e. The monoisotopic (exact) mass is 292 g/mol. The second-order valence-corrected chi connectivity index (χ2v) is 5.42. The number of halogens is 1. The zero-order valence-corrected chi connectivity index (χ0v) is 12.1. The molecule has 0 radical (unpaired) electrons. The molecule has 0 bridgehead atoms. The number of ether oxygens (including phenoxy) is 2. The third-order valence-electron chi connectivity index (χ3n) is 3.33. The van der Waals surface area contributed by atoms with Crippen LogP contribution in [-0.4, -0.2) is 31.8 Å². The van der Waals surface area contributed by atoms with Crippen LogP contribution in [0.4, 0.5) is 0 Å². The summed E-state index contributed by atoms with van der Waals surface area (Å²) in [6.45, 7) is 5.37. The van der Waals surface area contributed by atoms with Crippen molar-refractivity contribution in [2.45, 2.75) is 45.4 Å². The molecule has 0 amide bonds. The molecule has 0 aliphatic heterocycles. The first-order valence-corrected chi connectivity index (χ1v) is 7.66. The minimum absolute atomic E-state index is 0.406. The molecule has 0 aromatic carbocycles. The van der Waals surface area contributed by atoms with Crippen molar-refractivity contribution >= 4 is 15.9 Å². The molecule has 2 nitrogen and oxygen atoms in total. The van der Waals surface area contributed by atoms with Crippen molar-refractivity contribution in [1.29, 1.82) is 0 Å². The van der Waals surface area contributed by atoms with Crippen LogP contribution >= 0.6 is 15.9 Å². The van der Waals surface area contributed by atoms with E-state index in [9.17, 15) is 0 Å². The van der Waals surface area contributed by atoms with Gasteiger partial charge in [0.15, 0.2) is 0 Å². The highest BCUT2D eigenvalue weighted by Crippen LogP contribution is 2.37. The first kappa shape index (κ1) is 14.5. The molecule has 0 heterocycles. The van der Waals surface area contributed by atoms with Gasteiger partial charge in [0.1, 0.15) is 0 Å². The van der Waals surface area contributed by atoms with Crippen molar-refractivity contribution in [1.82, 2.24) is 0 Å². The van der Waals surface area contributed by atoms with E-state index in [1.165, 1.54) is 32.1 Å². The van der Waals surface area contributed by atoms with E-state index in [1.807, 2.05) is 0 Å². The Morgan fingerprint density at radius 2 is 1.69 bits per heavy atom. The predicted octanol–water partition coefficient (Wildman–Crippen LogP) is 3.78. The molecular weight excluding hydrogens is 268 g/mol. The fraction of sp³-hybridized carbons (Fsp3) is 1.00. The van der Waals surface area contributed by atoms with Gasteiger partial charge in [0.05, 0.1) is 19.8 Å². The lowest BCUT2D eigenvalue weighted by Crippen LogP contribution is -2.31. The third kappa shape index (κ3) is 5.15. The molecule has 3 heteroatoms.